The second-order valence-corrected chi connectivity index (χ2v) is 7.30. The average Bonchev–Trinajstić information content (AvgIpc) is 2.61. The molecule has 1 aliphatic rings. The highest BCUT2D eigenvalue weighted by molar-refractivity contribution is 7.99. The third-order valence-corrected chi connectivity index (χ3v) is 5.69. The van der Waals surface area contributed by atoms with Crippen molar-refractivity contribution in [2.75, 3.05) is 19.6 Å². The topological polar surface area (TPSA) is 3.24 Å². The lowest BCUT2D eigenvalue weighted by atomic mass is 10.1. The van der Waals surface area contributed by atoms with E-state index in [1.165, 1.54) is 55.8 Å². The summed E-state index contributed by atoms with van der Waals surface area (Å²) in [5.74, 6) is 0. The van der Waals surface area contributed by atoms with Crippen LogP contribution in [-0.4, -0.2) is 24.5 Å². The molecular formula is C20H25NS. The van der Waals surface area contributed by atoms with Gasteiger partial charge in [-0.25, -0.2) is 0 Å². The van der Waals surface area contributed by atoms with Gasteiger partial charge in [0.2, 0.25) is 0 Å². The lowest BCUT2D eigenvalue weighted by Crippen LogP contribution is -2.31. The third kappa shape index (κ3) is 4.62. The van der Waals surface area contributed by atoms with Crippen molar-refractivity contribution in [2.45, 2.75) is 35.8 Å². The first kappa shape index (κ1) is 15.6. The largest absolute Gasteiger partial charge is 0.303 e. The molecule has 116 valence electrons. The molecule has 0 amide bonds. The Morgan fingerprint density at radius 1 is 0.818 bits per heavy atom. The molecule has 1 saturated heterocycles. The van der Waals surface area contributed by atoms with Gasteiger partial charge in [0.15, 0.2) is 0 Å². The van der Waals surface area contributed by atoms with Gasteiger partial charge in [-0.1, -0.05) is 55.0 Å². The molecule has 1 atom stereocenters. The van der Waals surface area contributed by atoms with Gasteiger partial charge in [0.1, 0.15) is 0 Å². The number of nitrogens with zero attached hydrogens (tertiary/aromatic N) is 1. The van der Waals surface area contributed by atoms with Gasteiger partial charge in [0.25, 0.3) is 0 Å². The third-order valence-electron chi connectivity index (χ3n) is 4.35. The monoisotopic (exact) mass is 311 g/mol. The Kier molecular flexibility index (Phi) is 5.97. The van der Waals surface area contributed by atoms with Gasteiger partial charge in [0.05, 0.1) is 0 Å². The van der Waals surface area contributed by atoms with Gasteiger partial charge >= 0.3 is 0 Å². The normalized spacial score (nSPS) is 17.3. The maximum absolute atomic E-state index is 2.64. The average molecular weight is 311 g/mol. The molecule has 1 nitrogen and oxygen atoms in total. The maximum atomic E-state index is 2.64. The number of rotatable bonds is 6. The van der Waals surface area contributed by atoms with Crippen LogP contribution in [0.15, 0.2) is 65.6 Å². The fourth-order valence-electron chi connectivity index (χ4n) is 3.11. The highest BCUT2D eigenvalue weighted by atomic mass is 32.2. The summed E-state index contributed by atoms with van der Waals surface area (Å²) in [6.45, 7) is 3.80. The summed E-state index contributed by atoms with van der Waals surface area (Å²) in [7, 11) is 0. The minimum Gasteiger partial charge on any atom is -0.303 e. The molecule has 1 fully saturated rings. The first-order chi connectivity index (χ1) is 10.9. The van der Waals surface area contributed by atoms with Crippen molar-refractivity contribution in [1.82, 2.24) is 4.90 Å². The molecule has 0 aliphatic carbocycles. The Bertz CT molecular complexity index is 534. The number of benzene rings is 2. The van der Waals surface area contributed by atoms with Crippen LogP contribution in [0.3, 0.4) is 0 Å². The molecule has 22 heavy (non-hydrogen) atoms. The summed E-state index contributed by atoms with van der Waals surface area (Å²) < 4.78 is 0. The van der Waals surface area contributed by atoms with E-state index in [0.29, 0.717) is 5.25 Å². The number of thioether (sulfide) groups is 1. The predicted octanol–water partition coefficient (Wildman–Crippen LogP) is 5.40. The SMILES string of the molecule is c1ccc(SC(CCN2CCCCC2)c2ccccc2)cc1. The van der Waals surface area contributed by atoms with Crippen molar-refractivity contribution in [3.63, 3.8) is 0 Å². The Balaban J connectivity index is 1.66. The molecule has 1 heterocycles. The molecule has 2 aromatic rings. The van der Waals surface area contributed by atoms with Gasteiger partial charge in [-0.2, -0.15) is 0 Å². The predicted molar refractivity (Wildman–Crippen MR) is 96.4 cm³/mol. The minimum absolute atomic E-state index is 0.547. The summed E-state index contributed by atoms with van der Waals surface area (Å²) in [6.07, 6.45) is 5.39. The highest BCUT2D eigenvalue weighted by Crippen LogP contribution is 2.37. The van der Waals surface area contributed by atoms with E-state index < -0.39 is 0 Å². The molecule has 0 saturated carbocycles. The van der Waals surface area contributed by atoms with Crippen LogP contribution < -0.4 is 0 Å². The zero-order valence-electron chi connectivity index (χ0n) is 13.2. The molecule has 0 N–H and O–H groups in total. The molecule has 1 unspecified atom stereocenters. The van der Waals surface area contributed by atoms with Crippen LogP contribution in [-0.2, 0) is 0 Å². The molecule has 2 heteroatoms. The van der Waals surface area contributed by atoms with Crippen molar-refractivity contribution >= 4 is 11.8 Å². The van der Waals surface area contributed by atoms with E-state index in [1.807, 2.05) is 11.8 Å². The second-order valence-electron chi connectivity index (χ2n) is 6.02. The fourth-order valence-corrected chi connectivity index (χ4v) is 4.27. The van der Waals surface area contributed by atoms with Crippen molar-refractivity contribution < 1.29 is 0 Å². The maximum Gasteiger partial charge on any atom is 0.0356 e. The van der Waals surface area contributed by atoms with Crippen LogP contribution in [0.1, 0.15) is 36.5 Å². The molecule has 0 bridgehead atoms. The summed E-state index contributed by atoms with van der Waals surface area (Å²) in [5.41, 5.74) is 1.45. The molecule has 3 rings (SSSR count). The van der Waals surface area contributed by atoms with Gasteiger partial charge in [-0.3, -0.25) is 0 Å². The van der Waals surface area contributed by atoms with Crippen molar-refractivity contribution in [3.8, 4) is 0 Å². The standard InChI is InChI=1S/C20H25NS/c1-4-10-18(11-5-1)20(22-19-12-6-2-7-13-19)14-17-21-15-8-3-9-16-21/h1-2,4-7,10-13,20H,3,8-9,14-17H2. The van der Waals surface area contributed by atoms with E-state index in [0.717, 1.165) is 0 Å². The van der Waals surface area contributed by atoms with Crippen LogP contribution in [0.2, 0.25) is 0 Å². The fraction of sp³-hybridized carbons (Fsp3) is 0.400. The summed E-state index contributed by atoms with van der Waals surface area (Å²) >= 11 is 2.00. The molecular weight excluding hydrogens is 286 g/mol. The van der Waals surface area contributed by atoms with Crippen LogP contribution in [0.4, 0.5) is 0 Å². The van der Waals surface area contributed by atoms with Crippen LogP contribution in [0.25, 0.3) is 0 Å². The lowest BCUT2D eigenvalue weighted by molar-refractivity contribution is 0.226. The number of hydrogen-bond donors (Lipinski definition) is 0. The second kappa shape index (κ2) is 8.40. The van der Waals surface area contributed by atoms with Gasteiger partial charge in [-0.05, 0) is 56.6 Å². The zero-order valence-corrected chi connectivity index (χ0v) is 14.0. The van der Waals surface area contributed by atoms with Crippen LogP contribution in [0, 0.1) is 0 Å². The van der Waals surface area contributed by atoms with Crippen molar-refractivity contribution in [1.29, 1.82) is 0 Å². The van der Waals surface area contributed by atoms with Crippen LogP contribution in [0.5, 0.6) is 0 Å². The van der Waals surface area contributed by atoms with Crippen LogP contribution >= 0.6 is 11.8 Å². The molecule has 2 aromatic carbocycles. The number of piperidine rings is 1. The number of likely N-dealkylation sites (tertiary alicyclic amines) is 1. The summed E-state index contributed by atoms with van der Waals surface area (Å²) in [5, 5.41) is 0.547. The van der Waals surface area contributed by atoms with Gasteiger partial charge in [-0.15, -0.1) is 11.8 Å². The summed E-state index contributed by atoms with van der Waals surface area (Å²) in [6, 6.07) is 21.8. The Morgan fingerprint density at radius 3 is 2.14 bits per heavy atom. The van der Waals surface area contributed by atoms with E-state index in [9.17, 15) is 0 Å². The molecule has 1 aliphatic heterocycles. The molecule has 0 spiro atoms. The summed E-state index contributed by atoms with van der Waals surface area (Å²) in [4.78, 5) is 4.01. The van der Waals surface area contributed by atoms with Gasteiger partial charge < -0.3 is 4.90 Å². The zero-order chi connectivity index (χ0) is 15.0. The number of hydrogen-bond acceptors (Lipinski definition) is 2. The quantitative estimate of drug-likeness (QED) is 0.657. The van der Waals surface area contributed by atoms with E-state index in [-0.39, 0.29) is 0 Å². The van der Waals surface area contributed by atoms with E-state index in [2.05, 4.69) is 65.6 Å². The molecule has 0 aromatic heterocycles. The van der Waals surface area contributed by atoms with Crippen molar-refractivity contribution in [2.24, 2.45) is 0 Å². The lowest BCUT2D eigenvalue weighted by Gasteiger charge is -2.28. The Labute approximate surface area is 138 Å². The van der Waals surface area contributed by atoms with E-state index in [1.54, 1.807) is 0 Å². The van der Waals surface area contributed by atoms with Crippen molar-refractivity contribution in [3.05, 3.63) is 66.2 Å². The minimum atomic E-state index is 0.547. The first-order valence-electron chi connectivity index (χ1n) is 8.41. The Hall–Kier alpha value is -1.25. The first-order valence-corrected chi connectivity index (χ1v) is 9.29. The Morgan fingerprint density at radius 2 is 1.45 bits per heavy atom. The van der Waals surface area contributed by atoms with E-state index >= 15 is 0 Å². The smallest absolute Gasteiger partial charge is 0.0356 e. The highest BCUT2D eigenvalue weighted by Gasteiger charge is 2.16. The van der Waals surface area contributed by atoms with E-state index in [4.69, 9.17) is 0 Å². The molecule has 0 radical (unpaired) electrons. The van der Waals surface area contributed by atoms with Gasteiger partial charge in [0, 0.05) is 10.1 Å².